The van der Waals surface area contributed by atoms with Crippen LogP contribution < -0.4 is 10.6 Å². The maximum atomic E-state index is 3.76. The van der Waals surface area contributed by atoms with Gasteiger partial charge in [-0.1, -0.05) is 52.9 Å². The van der Waals surface area contributed by atoms with Crippen LogP contribution in [0, 0.1) is 0 Å². The van der Waals surface area contributed by atoms with E-state index in [1.807, 2.05) is 5.57 Å². The van der Waals surface area contributed by atoms with E-state index in [-0.39, 0.29) is 7.92 Å². The fraction of sp³-hybridized carbons (Fsp3) is 0.909. The number of allylic oxidation sites excluding steroid dienone is 1. The molecule has 2 N–H and O–H groups in total. The van der Waals surface area contributed by atoms with E-state index in [2.05, 4.69) is 10.6 Å². The molecule has 1 aliphatic heterocycles. The van der Waals surface area contributed by atoms with Crippen LogP contribution in [0.2, 0.25) is 0 Å². The Hall–Kier alpha value is -0.230. The predicted molar refractivity (Wildman–Crippen MR) is 111 cm³/mol. The smallest absolute Gasteiger partial charge is 0.0984 e. The van der Waals surface area contributed by atoms with Crippen molar-refractivity contribution in [3.63, 3.8) is 0 Å². The summed E-state index contributed by atoms with van der Waals surface area (Å²) in [5.74, 6) is 1.48. The highest BCUT2D eigenvalue weighted by Gasteiger charge is 2.39. The lowest BCUT2D eigenvalue weighted by Gasteiger charge is -2.46. The van der Waals surface area contributed by atoms with E-state index in [0.29, 0.717) is 0 Å². The van der Waals surface area contributed by atoms with Gasteiger partial charge in [-0.2, -0.15) is 0 Å². The fourth-order valence-electron chi connectivity index (χ4n) is 5.98. The summed E-state index contributed by atoms with van der Waals surface area (Å²) in [6.45, 7) is 2.37. The first kappa shape index (κ1) is 18.1. The van der Waals surface area contributed by atoms with Crippen LogP contribution in [-0.4, -0.2) is 30.1 Å². The lowest BCUT2D eigenvalue weighted by Crippen LogP contribution is -2.39. The van der Waals surface area contributed by atoms with E-state index >= 15 is 0 Å². The van der Waals surface area contributed by atoms with Gasteiger partial charge in [-0.25, -0.2) is 0 Å². The SMILES string of the molecule is C1CCC(P(C2CCCCC2)C2CCCCC2=C2NCCCN2)CC1. The van der Waals surface area contributed by atoms with Crippen LogP contribution in [0.5, 0.6) is 0 Å². The summed E-state index contributed by atoms with van der Waals surface area (Å²) in [5.41, 5.74) is 4.97. The van der Waals surface area contributed by atoms with Gasteiger partial charge >= 0.3 is 0 Å². The summed E-state index contributed by atoms with van der Waals surface area (Å²) in [7, 11) is 0.183. The normalized spacial score (nSPS) is 30.2. The van der Waals surface area contributed by atoms with Crippen LogP contribution >= 0.6 is 7.92 Å². The Morgan fingerprint density at radius 3 is 1.76 bits per heavy atom. The zero-order chi connectivity index (χ0) is 16.9. The molecule has 0 spiro atoms. The van der Waals surface area contributed by atoms with Gasteiger partial charge in [-0.05, 0) is 68.3 Å². The summed E-state index contributed by atoms with van der Waals surface area (Å²) in [4.78, 5) is 0. The van der Waals surface area contributed by atoms with Crippen molar-refractivity contribution in [3.05, 3.63) is 11.4 Å². The molecule has 3 aliphatic carbocycles. The minimum atomic E-state index is 0.183. The minimum absolute atomic E-state index is 0.183. The van der Waals surface area contributed by atoms with Crippen molar-refractivity contribution in [2.45, 2.75) is 113 Å². The van der Waals surface area contributed by atoms with Crippen LogP contribution in [0.4, 0.5) is 0 Å². The monoisotopic (exact) mass is 362 g/mol. The summed E-state index contributed by atoms with van der Waals surface area (Å²) in [5, 5.41) is 7.52. The van der Waals surface area contributed by atoms with Crippen molar-refractivity contribution in [2.24, 2.45) is 0 Å². The second-order valence-electron chi connectivity index (χ2n) is 8.90. The summed E-state index contributed by atoms with van der Waals surface area (Å²) in [6, 6.07) is 0. The van der Waals surface area contributed by atoms with Gasteiger partial charge in [-0.15, -0.1) is 0 Å². The molecule has 0 aromatic carbocycles. The molecule has 0 aromatic rings. The van der Waals surface area contributed by atoms with Gasteiger partial charge in [0.1, 0.15) is 0 Å². The van der Waals surface area contributed by atoms with E-state index in [9.17, 15) is 0 Å². The molecular formula is C22H39N2P. The molecule has 1 heterocycles. The molecule has 0 radical (unpaired) electrons. The number of nitrogens with one attached hydrogen (secondary N) is 2. The molecule has 1 unspecified atom stereocenters. The maximum absolute atomic E-state index is 3.76. The Morgan fingerprint density at radius 1 is 0.600 bits per heavy atom. The van der Waals surface area contributed by atoms with Gasteiger partial charge < -0.3 is 10.6 Å². The quantitative estimate of drug-likeness (QED) is 0.613. The number of hydrogen-bond donors (Lipinski definition) is 2. The molecule has 2 nitrogen and oxygen atoms in total. The van der Waals surface area contributed by atoms with Gasteiger partial charge in [-0.3, -0.25) is 0 Å². The molecule has 0 amide bonds. The van der Waals surface area contributed by atoms with Crippen molar-refractivity contribution in [1.29, 1.82) is 0 Å². The van der Waals surface area contributed by atoms with Crippen molar-refractivity contribution >= 4 is 7.92 Å². The highest BCUT2D eigenvalue weighted by atomic mass is 31.1. The summed E-state index contributed by atoms with van der Waals surface area (Å²) < 4.78 is 0. The van der Waals surface area contributed by atoms with Gasteiger partial charge in [0.2, 0.25) is 0 Å². The Morgan fingerprint density at radius 2 is 1.16 bits per heavy atom. The lowest BCUT2D eigenvalue weighted by atomic mass is 9.93. The van der Waals surface area contributed by atoms with Crippen molar-refractivity contribution in [2.75, 3.05) is 13.1 Å². The molecule has 0 aromatic heterocycles. The predicted octanol–water partition coefficient (Wildman–Crippen LogP) is 5.87. The number of hydrogen-bond acceptors (Lipinski definition) is 2. The van der Waals surface area contributed by atoms with Crippen molar-refractivity contribution < 1.29 is 0 Å². The van der Waals surface area contributed by atoms with E-state index < -0.39 is 0 Å². The molecule has 1 saturated heterocycles. The fourth-order valence-corrected chi connectivity index (χ4v) is 10.6. The third-order valence-electron chi connectivity index (χ3n) is 7.21. The Bertz CT molecular complexity index is 423. The molecule has 3 saturated carbocycles. The molecule has 0 bridgehead atoms. The third kappa shape index (κ3) is 4.37. The molecule has 4 rings (SSSR count). The lowest BCUT2D eigenvalue weighted by molar-refractivity contribution is 0.473. The van der Waals surface area contributed by atoms with Gasteiger partial charge in [0.25, 0.3) is 0 Å². The van der Waals surface area contributed by atoms with Crippen LogP contribution in [0.15, 0.2) is 11.4 Å². The second kappa shape index (κ2) is 9.12. The van der Waals surface area contributed by atoms with E-state index in [0.717, 1.165) is 17.0 Å². The Kier molecular flexibility index (Phi) is 6.62. The molecule has 142 valence electrons. The van der Waals surface area contributed by atoms with Crippen LogP contribution in [0.25, 0.3) is 0 Å². The standard InChI is InChI=1S/C22H39N2P/c1-3-10-18(11-4-1)25(19-12-5-2-6-13-19)21-15-8-7-14-20(21)22-23-16-9-17-24-22/h18-19,21,23-24H,1-17H2. The maximum Gasteiger partial charge on any atom is 0.0984 e. The van der Waals surface area contributed by atoms with Gasteiger partial charge in [0, 0.05) is 18.7 Å². The highest BCUT2D eigenvalue weighted by molar-refractivity contribution is 7.60. The van der Waals surface area contributed by atoms with Gasteiger partial charge in [0.05, 0.1) is 5.82 Å². The van der Waals surface area contributed by atoms with Gasteiger partial charge in [0.15, 0.2) is 0 Å². The van der Waals surface area contributed by atoms with E-state index in [1.54, 1.807) is 25.7 Å². The molecule has 3 heteroatoms. The number of rotatable bonds is 3. The first-order chi connectivity index (χ1) is 12.4. The average molecular weight is 363 g/mol. The second-order valence-corrected chi connectivity index (χ2v) is 11.9. The Balaban J connectivity index is 1.60. The van der Waals surface area contributed by atoms with E-state index in [1.165, 1.54) is 89.5 Å². The topological polar surface area (TPSA) is 24.1 Å². The van der Waals surface area contributed by atoms with E-state index in [4.69, 9.17) is 0 Å². The highest BCUT2D eigenvalue weighted by Crippen LogP contribution is 2.63. The first-order valence-corrected chi connectivity index (χ1v) is 13.0. The molecule has 4 aliphatic rings. The molecule has 1 atom stereocenters. The minimum Gasteiger partial charge on any atom is -0.372 e. The van der Waals surface area contributed by atoms with Crippen molar-refractivity contribution in [3.8, 4) is 0 Å². The van der Waals surface area contributed by atoms with Crippen LogP contribution in [0.3, 0.4) is 0 Å². The largest absolute Gasteiger partial charge is 0.372 e. The zero-order valence-corrected chi connectivity index (χ0v) is 17.1. The average Bonchev–Trinajstić information content (AvgIpc) is 2.71. The van der Waals surface area contributed by atoms with Crippen LogP contribution in [-0.2, 0) is 0 Å². The van der Waals surface area contributed by atoms with Crippen LogP contribution in [0.1, 0.15) is 96.3 Å². The zero-order valence-electron chi connectivity index (χ0n) is 16.2. The molecular weight excluding hydrogens is 323 g/mol. The first-order valence-electron chi connectivity index (χ1n) is 11.4. The third-order valence-corrected chi connectivity index (χ3v) is 11.2. The summed E-state index contributed by atoms with van der Waals surface area (Å²) in [6.07, 6.45) is 22.4. The Labute approximate surface area is 156 Å². The molecule has 25 heavy (non-hydrogen) atoms. The molecule has 4 fully saturated rings. The van der Waals surface area contributed by atoms with Crippen molar-refractivity contribution in [1.82, 2.24) is 10.6 Å². The summed E-state index contributed by atoms with van der Waals surface area (Å²) >= 11 is 0.